The Bertz CT molecular complexity index is 428. The van der Waals surface area contributed by atoms with Crippen molar-refractivity contribution in [1.82, 2.24) is 0 Å². The Morgan fingerprint density at radius 1 is 1.22 bits per heavy atom. The van der Waals surface area contributed by atoms with Crippen molar-refractivity contribution in [3.63, 3.8) is 0 Å². The Labute approximate surface area is 108 Å². The normalized spacial score (nSPS) is 9.00. The van der Waals surface area contributed by atoms with E-state index in [4.69, 9.17) is 10.5 Å². The third-order valence-electron chi connectivity index (χ3n) is 1.30. The monoisotopic (exact) mass is 279 g/mol. The number of guanidine groups is 1. The Morgan fingerprint density at radius 3 is 1.94 bits per heavy atom. The number of aliphatic carboxylic acids is 1. The lowest BCUT2D eigenvalue weighted by atomic mass is 10.2. The second kappa shape index (κ2) is 8.94. The molecule has 0 spiro atoms. The fourth-order valence-corrected chi connectivity index (χ4v) is 0.839. The zero-order chi connectivity index (χ0) is 13.4. The largest absolute Gasteiger partial charge is 0.478 e. The molecule has 0 bridgehead atoms. The van der Waals surface area contributed by atoms with E-state index in [9.17, 15) is 13.6 Å². The lowest BCUT2D eigenvalue weighted by Gasteiger charge is -1.93. The van der Waals surface area contributed by atoms with Crippen LogP contribution in [-0.2, 0) is 4.79 Å². The maximum absolute atomic E-state index is 12.5. The maximum atomic E-state index is 12.5. The Balaban J connectivity index is 0. The van der Waals surface area contributed by atoms with Crippen LogP contribution in [0.5, 0.6) is 0 Å². The Kier molecular flexibility index (Phi) is 9.05. The van der Waals surface area contributed by atoms with Crippen molar-refractivity contribution in [3.05, 3.63) is 41.5 Å². The van der Waals surface area contributed by atoms with Crippen LogP contribution in [0.4, 0.5) is 8.78 Å². The highest BCUT2D eigenvalue weighted by Crippen LogP contribution is 2.09. The molecule has 100 valence electrons. The van der Waals surface area contributed by atoms with Crippen LogP contribution in [0.2, 0.25) is 0 Å². The van der Waals surface area contributed by atoms with E-state index < -0.39 is 17.6 Å². The van der Waals surface area contributed by atoms with Gasteiger partial charge in [0.05, 0.1) is 0 Å². The quantitative estimate of drug-likeness (QED) is 0.371. The molecule has 0 fully saturated rings. The molecule has 0 radical (unpaired) electrons. The molecule has 0 saturated carbocycles. The third-order valence-corrected chi connectivity index (χ3v) is 1.30. The van der Waals surface area contributed by atoms with E-state index >= 15 is 0 Å². The molecule has 0 aliphatic heterocycles. The zero-order valence-electron chi connectivity index (χ0n) is 9.06. The van der Waals surface area contributed by atoms with Crippen molar-refractivity contribution in [3.8, 4) is 0 Å². The second-order valence-electron chi connectivity index (χ2n) is 2.83. The highest BCUT2D eigenvalue weighted by atomic mass is 35.5. The van der Waals surface area contributed by atoms with Gasteiger partial charge in [-0.3, -0.25) is 5.41 Å². The molecule has 8 heteroatoms. The molecule has 1 aromatic rings. The average molecular weight is 280 g/mol. The fourth-order valence-electron chi connectivity index (χ4n) is 0.839. The van der Waals surface area contributed by atoms with Gasteiger partial charge in [-0.1, -0.05) is 0 Å². The van der Waals surface area contributed by atoms with Gasteiger partial charge in [0.2, 0.25) is 0 Å². The summed E-state index contributed by atoms with van der Waals surface area (Å²) < 4.78 is 25.1. The summed E-state index contributed by atoms with van der Waals surface area (Å²) in [7, 11) is 0. The summed E-state index contributed by atoms with van der Waals surface area (Å²) in [6, 6.07) is 2.81. The zero-order valence-corrected chi connectivity index (χ0v) is 9.88. The first kappa shape index (κ1) is 18.2. The molecular weight excluding hydrogens is 268 g/mol. The van der Waals surface area contributed by atoms with Gasteiger partial charge in [-0.05, 0) is 23.8 Å². The number of carboxylic acid groups (broad SMARTS) is 1. The fraction of sp³-hybridized carbons (Fsp3) is 0. The number of hydrogen-bond donors (Lipinski definition) is 4. The van der Waals surface area contributed by atoms with Crippen molar-refractivity contribution < 1.29 is 18.7 Å². The van der Waals surface area contributed by atoms with Gasteiger partial charge >= 0.3 is 5.97 Å². The topological polar surface area (TPSA) is 113 Å². The van der Waals surface area contributed by atoms with Gasteiger partial charge in [0.15, 0.2) is 5.96 Å². The minimum Gasteiger partial charge on any atom is -0.478 e. The number of carboxylic acids is 1. The molecule has 0 aliphatic rings. The van der Waals surface area contributed by atoms with E-state index in [2.05, 4.69) is 11.5 Å². The number of hydrogen-bond acceptors (Lipinski definition) is 2. The maximum Gasteiger partial charge on any atom is 0.328 e. The molecule has 0 saturated heterocycles. The first-order valence-corrected chi connectivity index (χ1v) is 4.28. The van der Waals surface area contributed by atoms with Crippen molar-refractivity contribution in [2.24, 2.45) is 11.5 Å². The van der Waals surface area contributed by atoms with Crippen LogP contribution in [0.3, 0.4) is 0 Å². The summed E-state index contributed by atoms with van der Waals surface area (Å²) in [5, 5.41) is 14.3. The molecule has 0 atom stereocenters. The number of nitrogens with two attached hydrogens (primary N) is 2. The molecule has 0 aliphatic carbocycles. The number of halogens is 3. The number of rotatable bonds is 2. The molecule has 1 aromatic carbocycles. The van der Waals surface area contributed by atoms with Crippen molar-refractivity contribution >= 4 is 30.4 Å². The average Bonchev–Trinajstić information content (AvgIpc) is 2.12. The minimum atomic E-state index is -1.16. The summed E-state index contributed by atoms with van der Waals surface area (Å²) in [6.45, 7) is 0. The summed E-state index contributed by atoms with van der Waals surface area (Å²) in [6.07, 6.45) is 1.93. The molecule has 1 rings (SSSR count). The lowest BCUT2D eigenvalue weighted by Crippen LogP contribution is -2.20. The van der Waals surface area contributed by atoms with E-state index in [0.29, 0.717) is 0 Å². The summed E-state index contributed by atoms with van der Waals surface area (Å²) in [4.78, 5) is 10.1. The minimum absolute atomic E-state index is 0. The van der Waals surface area contributed by atoms with E-state index in [-0.39, 0.29) is 23.9 Å². The van der Waals surface area contributed by atoms with Gasteiger partial charge in [0.25, 0.3) is 0 Å². The predicted octanol–water partition coefficient (Wildman–Crippen LogP) is 1.32. The van der Waals surface area contributed by atoms with Crippen LogP contribution in [0.1, 0.15) is 5.56 Å². The molecule has 5 nitrogen and oxygen atoms in total. The first-order chi connectivity index (χ1) is 7.81. The highest BCUT2D eigenvalue weighted by molar-refractivity contribution is 5.85. The van der Waals surface area contributed by atoms with Crippen LogP contribution in [-0.4, -0.2) is 17.0 Å². The van der Waals surface area contributed by atoms with Crippen LogP contribution >= 0.6 is 12.4 Å². The van der Waals surface area contributed by atoms with E-state index in [1.807, 2.05) is 0 Å². The van der Waals surface area contributed by atoms with Gasteiger partial charge in [-0.2, -0.15) is 0 Å². The van der Waals surface area contributed by atoms with Crippen LogP contribution < -0.4 is 11.5 Å². The molecule has 18 heavy (non-hydrogen) atoms. The molecule has 0 amide bonds. The van der Waals surface area contributed by atoms with Crippen LogP contribution in [0, 0.1) is 17.0 Å². The Morgan fingerprint density at radius 2 is 1.61 bits per heavy atom. The summed E-state index contributed by atoms with van der Waals surface area (Å²) in [5.41, 5.74) is 9.12. The van der Waals surface area contributed by atoms with Gasteiger partial charge in [-0.15, -0.1) is 12.4 Å². The van der Waals surface area contributed by atoms with Crippen LogP contribution in [0.15, 0.2) is 24.3 Å². The van der Waals surface area contributed by atoms with Gasteiger partial charge in [-0.25, -0.2) is 13.6 Å². The molecular formula is C10H12ClF2N3O2. The van der Waals surface area contributed by atoms with Crippen molar-refractivity contribution in [2.75, 3.05) is 0 Å². The molecule has 6 N–H and O–H groups in total. The van der Waals surface area contributed by atoms with Gasteiger partial charge < -0.3 is 16.6 Å². The third kappa shape index (κ3) is 10.4. The molecule has 0 unspecified atom stereocenters. The Hall–Kier alpha value is -2.15. The predicted molar refractivity (Wildman–Crippen MR) is 66.4 cm³/mol. The van der Waals surface area contributed by atoms with Gasteiger partial charge in [0.1, 0.15) is 11.6 Å². The van der Waals surface area contributed by atoms with Crippen LogP contribution in [0.25, 0.3) is 6.08 Å². The number of nitrogens with one attached hydrogen (secondary N) is 1. The van der Waals surface area contributed by atoms with E-state index in [1.54, 1.807) is 0 Å². The summed E-state index contributed by atoms with van der Waals surface area (Å²) in [5.74, 6) is -2.96. The number of benzene rings is 1. The van der Waals surface area contributed by atoms with Crippen molar-refractivity contribution in [2.45, 2.75) is 0 Å². The highest BCUT2D eigenvalue weighted by Gasteiger charge is 1.97. The molecule has 0 aromatic heterocycles. The first-order valence-electron chi connectivity index (χ1n) is 4.28. The van der Waals surface area contributed by atoms with E-state index in [1.165, 1.54) is 0 Å². The summed E-state index contributed by atoms with van der Waals surface area (Å²) >= 11 is 0. The number of carbonyl (C=O) groups is 1. The molecule has 0 heterocycles. The lowest BCUT2D eigenvalue weighted by molar-refractivity contribution is -0.131. The van der Waals surface area contributed by atoms with Gasteiger partial charge in [0, 0.05) is 12.1 Å². The smallest absolute Gasteiger partial charge is 0.328 e. The standard InChI is InChI=1S/C9H6F2O2.CH5N3.ClH/c10-7-3-6(1-2-9(12)13)4-8(11)5-7;2-1(3)4;/h1-5H,(H,12,13);(H5,2,3,4);1H. The van der Waals surface area contributed by atoms with Crippen molar-refractivity contribution in [1.29, 1.82) is 5.41 Å². The SMILES string of the molecule is Cl.N=C(N)N.O=C(O)C=Cc1cc(F)cc(F)c1. The van der Waals surface area contributed by atoms with E-state index in [0.717, 1.165) is 30.4 Å². The second-order valence-corrected chi connectivity index (χ2v) is 2.83.